The lowest BCUT2D eigenvalue weighted by Gasteiger charge is -2.33. The maximum atomic E-state index is 10.7. The normalized spacial score (nSPS) is 16.9. The van der Waals surface area contributed by atoms with Crippen LogP contribution < -0.4 is 4.90 Å². The average molecular weight is 268 g/mol. The maximum Gasteiger partial charge on any atom is 0.150 e. The van der Waals surface area contributed by atoms with Crippen LogP contribution in [0.3, 0.4) is 0 Å². The number of benzene rings is 1. The van der Waals surface area contributed by atoms with E-state index in [1.165, 1.54) is 0 Å². The molecular formula is C14H18ClNO2. The summed E-state index contributed by atoms with van der Waals surface area (Å²) in [5, 5.41) is 0.657. The van der Waals surface area contributed by atoms with Crippen LogP contribution in [0.2, 0.25) is 5.02 Å². The van der Waals surface area contributed by atoms with E-state index in [4.69, 9.17) is 16.3 Å². The van der Waals surface area contributed by atoms with Gasteiger partial charge in [0, 0.05) is 32.4 Å². The molecule has 0 bridgehead atoms. The number of aldehydes is 1. The van der Waals surface area contributed by atoms with E-state index < -0.39 is 0 Å². The lowest BCUT2D eigenvalue weighted by Crippen LogP contribution is -2.35. The Hall–Kier alpha value is -1.06. The molecule has 0 amide bonds. The summed E-state index contributed by atoms with van der Waals surface area (Å²) in [5.74, 6) is 0.652. The molecule has 0 N–H and O–H groups in total. The zero-order chi connectivity index (χ0) is 13.0. The Bertz CT molecular complexity index is 414. The minimum absolute atomic E-state index is 0.623. The van der Waals surface area contributed by atoms with E-state index >= 15 is 0 Å². The van der Waals surface area contributed by atoms with Crippen LogP contribution in [-0.4, -0.2) is 33.1 Å². The minimum Gasteiger partial charge on any atom is -0.384 e. The second kappa shape index (κ2) is 6.21. The van der Waals surface area contributed by atoms with Crippen molar-refractivity contribution in [1.82, 2.24) is 0 Å². The quantitative estimate of drug-likeness (QED) is 0.786. The van der Waals surface area contributed by atoms with Crippen molar-refractivity contribution >= 4 is 23.6 Å². The number of carbonyl (C=O) groups excluding carboxylic acids is 1. The van der Waals surface area contributed by atoms with Gasteiger partial charge in [-0.05, 0) is 37.0 Å². The molecule has 18 heavy (non-hydrogen) atoms. The predicted octanol–water partition coefficient (Wildman–Crippen LogP) is 3.02. The zero-order valence-corrected chi connectivity index (χ0v) is 11.3. The first kappa shape index (κ1) is 13.4. The summed E-state index contributed by atoms with van der Waals surface area (Å²) in [6, 6.07) is 5.48. The van der Waals surface area contributed by atoms with Crippen LogP contribution >= 0.6 is 11.6 Å². The van der Waals surface area contributed by atoms with Crippen LogP contribution in [0.1, 0.15) is 23.2 Å². The van der Waals surface area contributed by atoms with Gasteiger partial charge in [0.2, 0.25) is 0 Å². The van der Waals surface area contributed by atoms with Crippen molar-refractivity contribution in [3.63, 3.8) is 0 Å². The number of hydrogen-bond donors (Lipinski definition) is 0. The Kier molecular flexibility index (Phi) is 4.61. The number of ether oxygens (including phenoxy) is 1. The minimum atomic E-state index is 0.623. The molecule has 1 aliphatic rings. The average Bonchev–Trinajstić information content (AvgIpc) is 2.40. The van der Waals surface area contributed by atoms with Crippen molar-refractivity contribution in [2.45, 2.75) is 12.8 Å². The third-order valence-corrected chi connectivity index (χ3v) is 3.77. The van der Waals surface area contributed by atoms with Gasteiger partial charge in [-0.25, -0.2) is 0 Å². The van der Waals surface area contributed by atoms with E-state index in [1.807, 2.05) is 12.1 Å². The summed E-state index contributed by atoms with van der Waals surface area (Å²) in [6.45, 7) is 2.83. The fourth-order valence-electron chi connectivity index (χ4n) is 2.43. The van der Waals surface area contributed by atoms with Crippen molar-refractivity contribution in [3.8, 4) is 0 Å². The van der Waals surface area contributed by atoms with Crippen LogP contribution in [0.15, 0.2) is 18.2 Å². The lowest BCUT2D eigenvalue weighted by molar-refractivity contribution is 0.112. The Balaban J connectivity index is 2.03. The summed E-state index contributed by atoms with van der Waals surface area (Å²) < 4.78 is 5.19. The molecule has 0 saturated carbocycles. The smallest absolute Gasteiger partial charge is 0.150 e. The van der Waals surface area contributed by atoms with Gasteiger partial charge in [-0.2, -0.15) is 0 Å². The van der Waals surface area contributed by atoms with Gasteiger partial charge >= 0.3 is 0 Å². The zero-order valence-electron chi connectivity index (χ0n) is 10.6. The predicted molar refractivity (Wildman–Crippen MR) is 73.7 cm³/mol. The molecule has 0 aromatic heterocycles. The van der Waals surface area contributed by atoms with E-state index in [-0.39, 0.29) is 0 Å². The highest BCUT2D eigenvalue weighted by Gasteiger charge is 2.20. The van der Waals surface area contributed by atoms with E-state index in [0.29, 0.717) is 16.5 Å². The van der Waals surface area contributed by atoms with Crippen LogP contribution in [0, 0.1) is 5.92 Å². The number of hydrogen-bond acceptors (Lipinski definition) is 3. The van der Waals surface area contributed by atoms with E-state index in [9.17, 15) is 4.79 Å². The number of halogens is 1. The van der Waals surface area contributed by atoms with Gasteiger partial charge in [0.15, 0.2) is 0 Å². The monoisotopic (exact) mass is 267 g/mol. The summed E-state index contributed by atoms with van der Waals surface area (Å²) in [7, 11) is 1.75. The van der Waals surface area contributed by atoms with Gasteiger partial charge in [-0.1, -0.05) is 11.6 Å². The number of anilines is 1. The number of rotatable bonds is 4. The fourth-order valence-corrected chi connectivity index (χ4v) is 2.74. The Morgan fingerprint density at radius 1 is 1.44 bits per heavy atom. The highest BCUT2D eigenvalue weighted by Crippen LogP contribution is 2.30. The SMILES string of the molecule is COCC1CCN(c2ccc(C=O)cc2Cl)CC1. The summed E-state index contributed by atoms with van der Waals surface area (Å²) in [4.78, 5) is 13.0. The first-order chi connectivity index (χ1) is 8.74. The second-order valence-corrected chi connectivity index (χ2v) is 5.12. The van der Waals surface area contributed by atoms with Gasteiger partial charge in [0.1, 0.15) is 6.29 Å². The summed E-state index contributed by atoms with van der Waals surface area (Å²) >= 11 is 6.21. The molecule has 1 fully saturated rings. The molecule has 1 aromatic rings. The topological polar surface area (TPSA) is 29.5 Å². The molecule has 1 saturated heterocycles. The first-order valence-electron chi connectivity index (χ1n) is 6.23. The van der Waals surface area contributed by atoms with Crippen molar-refractivity contribution < 1.29 is 9.53 Å². The van der Waals surface area contributed by atoms with Crippen LogP contribution in [-0.2, 0) is 4.74 Å². The van der Waals surface area contributed by atoms with E-state index in [2.05, 4.69) is 4.90 Å². The molecule has 1 aliphatic heterocycles. The fraction of sp³-hybridized carbons (Fsp3) is 0.500. The number of carbonyl (C=O) groups is 1. The lowest BCUT2D eigenvalue weighted by atomic mass is 9.97. The van der Waals surface area contributed by atoms with E-state index in [1.54, 1.807) is 13.2 Å². The molecule has 1 heterocycles. The van der Waals surface area contributed by atoms with Crippen LogP contribution in [0.4, 0.5) is 5.69 Å². The highest BCUT2D eigenvalue weighted by molar-refractivity contribution is 6.33. The molecule has 2 rings (SSSR count). The molecular weight excluding hydrogens is 250 g/mol. The van der Waals surface area contributed by atoms with Crippen LogP contribution in [0.5, 0.6) is 0 Å². The van der Waals surface area contributed by atoms with Crippen molar-refractivity contribution in [2.75, 3.05) is 31.7 Å². The van der Waals surface area contributed by atoms with Crippen molar-refractivity contribution in [1.29, 1.82) is 0 Å². The number of nitrogens with zero attached hydrogens (tertiary/aromatic N) is 1. The molecule has 0 aliphatic carbocycles. The van der Waals surface area contributed by atoms with Gasteiger partial charge in [-0.3, -0.25) is 4.79 Å². The Morgan fingerprint density at radius 3 is 2.72 bits per heavy atom. The molecule has 98 valence electrons. The molecule has 0 unspecified atom stereocenters. The second-order valence-electron chi connectivity index (χ2n) is 4.71. The molecule has 0 atom stereocenters. The number of methoxy groups -OCH3 is 1. The van der Waals surface area contributed by atoms with Crippen molar-refractivity contribution in [2.24, 2.45) is 5.92 Å². The Labute approximate surface area is 113 Å². The van der Waals surface area contributed by atoms with Gasteiger partial charge in [0.05, 0.1) is 10.7 Å². The molecule has 0 radical (unpaired) electrons. The van der Waals surface area contributed by atoms with Gasteiger partial charge in [0.25, 0.3) is 0 Å². The Morgan fingerprint density at radius 2 is 2.17 bits per heavy atom. The van der Waals surface area contributed by atoms with Gasteiger partial charge in [-0.15, -0.1) is 0 Å². The van der Waals surface area contributed by atoms with Crippen LogP contribution in [0.25, 0.3) is 0 Å². The molecule has 0 spiro atoms. The number of piperidine rings is 1. The van der Waals surface area contributed by atoms with Gasteiger partial charge < -0.3 is 9.64 Å². The van der Waals surface area contributed by atoms with E-state index in [0.717, 1.165) is 44.5 Å². The third kappa shape index (κ3) is 3.03. The maximum absolute atomic E-state index is 10.7. The molecule has 1 aromatic carbocycles. The first-order valence-corrected chi connectivity index (χ1v) is 6.61. The third-order valence-electron chi connectivity index (χ3n) is 3.47. The summed E-state index contributed by atoms with van der Waals surface area (Å²) in [5.41, 5.74) is 1.65. The standard InChI is InChI=1S/C14H18ClNO2/c1-18-10-11-4-6-16(7-5-11)14-3-2-12(9-17)8-13(14)15/h2-3,8-9,11H,4-7,10H2,1H3. The largest absolute Gasteiger partial charge is 0.384 e. The molecule has 4 heteroatoms. The highest BCUT2D eigenvalue weighted by atomic mass is 35.5. The van der Waals surface area contributed by atoms with Crippen molar-refractivity contribution in [3.05, 3.63) is 28.8 Å². The molecule has 3 nitrogen and oxygen atoms in total. The summed E-state index contributed by atoms with van der Waals surface area (Å²) in [6.07, 6.45) is 3.07.